The summed E-state index contributed by atoms with van der Waals surface area (Å²) in [4.78, 5) is 56.2. The molecule has 1 aliphatic rings. The molecule has 2 aromatic heterocycles. The average Bonchev–Trinajstić information content (AvgIpc) is 3.69. The van der Waals surface area contributed by atoms with Gasteiger partial charge in [-0.3, -0.25) is 14.4 Å². The van der Waals surface area contributed by atoms with E-state index in [2.05, 4.69) is 26.0 Å². The molecule has 16 heteroatoms. The zero-order valence-electron chi connectivity index (χ0n) is 25.9. The highest BCUT2D eigenvalue weighted by Crippen LogP contribution is 2.35. The van der Waals surface area contributed by atoms with E-state index < -0.39 is 53.1 Å². The molecule has 0 saturated carbocycles. The Labute approximate surface area is 279 Å². The zero-order valence-corrected chi connectivity index (χ0v) is 25.9. The van der Waals surface area contributed by atoms with Crippen LogP contribution < -0.4 is 16.0 Å². The Balaban J connectivity index is 1.33. The maximum absolute atomic E-state index is 13.8. The molecule has 6 rings (SSSR count). The largest absolute Gasteiger partial charge is 0.478 e. The molecule has 0 aliphatic heterocycles. The minimum absolute atomic E-state index is 0.0157. The first-order valence-corrected chi connectivity index (χ1v) is 15.0. The number of nitrogens with one attached hydrogen (secondary N) is 3. The van der Waals surface area contributed by atoms with Gasteiger partial charge < -0.3 is 21.1 Å². The van der Waals surface area contributed by atoms with E-state index >= 15 is 0 Å². The van der Waals surface area contributed by atoms with Crippen LogP contribution in [-0.2, 0) is 19.1 Å². The van der Waals surface area contributed by atoms with Gasteiger partial charge in [0, 0.05) is 18.3 Å². The summed E-state index contributed by atoms with van der Waals surface area (Å²) >= 11 is 0. The lowest BCUT2D eigenvalue weighted by molar-refractivity contribution is -0.137. The quantitative estimate of drug-likeness (QED) is 0.154. The van der Waals surface area contributed by atoms with Crippen LogP contribution in [0, 0.1) is 18.6 Å². The maximum Gasteiger partial charge on any atom is 0.416 e. The van der Waals surface area contributed by atoms with Crippen LogP contribution in [0.5, 0.6) is 0 Å². The van der Waals surface area contributed by atoms with Crippen molar-refractivity contribution in [1.82, 2.24) is 25.2 Å². The third kappa shape index (κ3) is 6.59. The van der Waals surface area contributed by atoms with Crippen molar-refractivity contribution in [3.8, 4) is 0 Å². The number of rotatable bonds is 8. The van der Waals surface area contributed by atoms with E-state index in [1.807, 2.05) is 0 Å². The number of benzene rings is 3. The highest BCUT2D eigenvalue weighted by molar-refractivity contribution is 6.09. The van der Waals surface area contributed by atoms with Crippen molar-refractivity contribution in [3.05, 3.63) is 129 Å². The van der Waals surface area contributed by atoms with Crippen LogP contribution >= 0.6 is 0 Å². The molecule has 2 heterocycles. The highest BCUT2D eigenvalue weighted by atomic mass is 19.4. The smallest absolute Gasteiger partial charge is 0.416 e. The van der Waals surface area contributed by atoms with Crippen molar-refractivity contribution >= 4 is 35.0 Å². The first-order valence-electron chi connectivity index (χ1n) is 15.0. The van der Waals surface area contributed by atoms with Gasteiger partial charge >= 0.3 is 12.1 Å². The lowest BCUT2D eigenvalue weighted by Crippen LogP contribution is -2.31. The van der Waals surface area contributed by atoms with Crippen molar-refractivity contribution in [2.24, 2.45) is 0 Å². The molecule has 1 atom stereocenters. The average molecular weight is 693 g/mol. The number of aromatic carboxylic acids is 1. The van der Waals surface area contributed by atoms with Gasteiger partial charge in [-0.1, -0.05) is 12.1 Å². The van der Waals surface area contributed by atoms with Crippen LogP contribution in [0.3, 0.4) is 0 Å². The minimum atomic E-state index is -4.59. The molecule has 0 radical (unpaired) electrons. The first-order chi connectivity index (χ1) is 23.7. The summed E-state index contributed by atoms with van der Waals surface area (Å²) in [5, 5.41) is 21.5. The summed E-state index contributed by atoms with van der Waals surface area (Å²) in [6.07, 6.45) is -2.58. The number of carbonyl (C=O) groups is 4. The molecule has 0 bridgehead atoms. The number of halogens is 5. The molecule has 11 nitrogen and oxygen atoms in total. The number of alkyl halides is 3. The lowest BCUT2D eigenvalue weighted by Gasteiger charge is -2.16. The SMILES string of the molecule is Cc1c(C(=O)O)ccc2c1CC[C@@H]2NC(=O)c1cc(C(=O)NCc2ccc(F)c(F)c2)nc2c(C(=O)Nc3ccc(C(F)(F)F)cc3)cnn12. The second kappa shape index (κ2) is 13.0. The molecule has 0 fully saturated rings. The Bertz CT molecular complexity index is 2200. The second-order valence-electron chi connectivity index (χ2n) is 11.5. The predicted molar refractivity (Wildman–Crippen MR) is 167 cm³/mol. The van der Waals surface area contributed by atoms with E-state index in [1.54, 1.807) is 13.0 Å². The molecule has 256 valence electrons. The number of aromatic nitrogens is 3. The van der Waals surface area contributed by atoms with Gasteiger partial charge in [0.15, 0.2) is 17.3 Å². The van der Waals surface area contributed by atoms with Crippen LogP contribution in [0.4, 0.5) is 27.6 Å². The van der Waals surface area contributed by atoms with Crippen molar-refractivity contribution in [1.29, 1.82) is 0 Å². The molecular weight excluding hydrogens is 667 g/mol. The number of hydrogen-bond donors (Lipinski definition) is 4. The number of carboxylic acids is 1. The molecular formula is C34H25F5N6O5. The summed E-state index contributed by atoms with van der Waals surface area (Å²) in [5.74, 6) is -5.70. The van der Waals surface area contributed by atoms with Gasteiger partial charge in [0.05, 0.1) is 23.4 Å². The standard InChI is InChI=1S/C34H25F5N6O5/c1-16-20-9-11-26(22(20)8-7-21(16)33(49)50)44-32(48)28-13-27(31(47)40-14-17-2-10-24(35)25(36)12-17)43-29-23(15-41-45(28)29)30(46)42-19-5-3-18(4-6-19)34(37,38)39/h2-8,10,12-13,15,26H,9,11,14H2,1H3,(H,40,47)(H,42,46)(H,44,48)(H,49,50)/t26-/m0/s1. The van der Waals surface area contributed by atoms with Crippen LogP contribution in [0.1, 0.15) is 82.0 Å². The number of amides is 3. The Morgan fingerprint density at radius 3 is 2.34 bits per heavy atom. The number of hydrogen-bond acceptors (Lipinski definition) is 6. The summed E-state index contributed by atoms with van der Waals surface area (Å²) in [6, 6.07) is 10.4. The Hall–Kier alpha value is -6.19. The number of carbonyl (C=O) groups excluding carboxylic acids is 3. The van der Waals surface area contributed by atoms with E-state index in [1.165, 1.54) is 12.1 Å². The van der Waals surface area contributed by atoms with Gasteiger partial charge in [-0.05, 0) is 84.5 Å². The second-order valence-corrected chi connectivity index (χ2v) is 11.5. The van der Waals surface area contributed by atoms with Gasteiger partial charge in [0.1, 0.15) is 17.0 Å². The fraction of sp³-hybridized carbons (Fsp3) is 0.176. The van der Waals surface area contributed by atoms with Crippen molar-refractivity contribution in [2.75, 3.05) is 5.32 Å². The molecule has 3 amide bonds. The van der Waals surface area contributed by atoms with Gasteiger partial charge in [-0.2, -0.15) is 18.3 Å². The minimum Gasteiger partial charge on any atom is -0.478 e. The molecule has 0 spiro atoms. The van der Waals surface area contributed by atoms with E-state index in [0.29, 0.717) is 24.0 Å². The highest BCUT2D eigenvalue weighted by Gasteiger charge is 2.31. The number of nitrogens with zero attached hydrogens (tertiary/aromatic N) is 3. The Morgan fingerprint density at radius 1 is 0.920 bits per heavy atom. The summed E-state index contributed by atoms with van der Waals surface area (Å²) in [7, 11) is 0. The molecule has 3 aromatic carbocycles. The van der Waals surface area contributed by atoms with Gasteiger partial charge in [-0.15, -0.1) is 0 Å². The fourth-order valence-corrected chi connectivity index (χ4v) is 5.76. The number of anilines is 1. The molecule has 1 aliphatic carbocycles. The van der Waals surface area contributed by atoms with Crippen molar-refractivity contribution < 1.29 is 46.2 Å². The van der Waals surface area contributed by atoms with Crippen molar-refractivity contribution in [3.63, 3.8) is 0 Å². The third-order valence-corrected chi connectivity index (χ3v) is 8.32. The van der Waals surface area contributed by atoms with Crippen LogP contribution in [0.2, 0.25) is 0 Å². The van der Waals surface area contributed by atoms with Gasteiger partial charge in [0.2, 0.25) is 0 Å². The summed E-state index contributed by atoms with van der Waals surface area (Å²) in [5.41, 5.74) is 0.508. The molecule has 4 N–H and O–H groups in total. The molecule has 5 aromatic rings. The van der Waals surface area contributed by atoms with E-state index in [0.717, 1.165) is 58.7 Å². The summed E-state index contributed by atoms with van der Waals surface area (Å²) < 4.78 is 67.2. The molecule has 50 heavy (non-hydrogen) atoms. The van der Waals surface area contributed by atoms with E-state index in [4.69, 9.17) is 0 Å². The Morgan fingerprint density at radius 2 is 1.66 bits per heavy atom. The summed E-state index contributed by atoms with van der Waals surface area (Å²) in [6.45, 7) is 1.44. The maximum atomic E-state index is 13.8. The Kier molecular flexibility index (Phi) is 8.78. The topological polar surface area (TPSA) is 155 Å². The van der Waals surface area contributed by atoms with Gasteiger partial charge in [0.25, 0.3) is 17.7 Å². The monoisotopic (exact) mass is 692 g/mol. The predicted octanol–water partition coefficient (Wildman–Crippen LogP) is 5.63. The lowest BCUT2D eigenvalue weighted by atomic mass is 9.98. The third-order valence-electron chi connectivity index (χ3n) is 8.32. The van der Waals surface area contributed by atoms with Crippen LogP contribution in [0.15, 0.2) is 66.9 Å². The van der Waals surface area contributed by atoms with Crippen LogP contribution in [-0.4, -0.2) is 43.4 Å². The number of carboxylic acid groups (broad SMARTS) is 1. The zero-order chi connectivity index (χ0) is 35.9. The van der Waals surface area contributed by atoms with E-state index in [9.17, 15) is 46.2 Å². The van der Waals surface area contributed by atoms with Crippen LogP contribution in [0.25, 0.3) is 5.65 Å². The fourth-order valence-electron chi connectivity index (χ4n) is 5.76. The first kappa shape index (κ1) is 33.7. The molecule has 0 saturated heterocycles. The van der Waals surface area contributed by atoms with Gasteiger partial charge in [-0.25, -0.2) is 23.1 Å². The molecule has 0 unspecified atom stereocenters. The normalized spacial score (nSPS) is 13.9. The number of fused-ring (bicyclic) bond motifs is 2. The van der Waals surface area contributed by atoms with Crippen molar-refractivity contribution in [2.45, 2.75) is 38.5 Å². The van der Waals surface area contributed by atoms with E-state index in [-0.39, 0.29) is 46.0 Å².